The van der Waals surface area contributed by atoms with E-state index in [1.165, 1.54) is 0 Å². The molecule has 0 fully saturated rings. The Kier molecular flexibility index (Phi) is 3.90. The van der Waals surface area contributed by atoms with Gasteiger partial charge in [0.15, 0.2) is 0 Å². The Bertz CT molecular complexity index is 145. The van der Waals surface area contributed by atoms with Gasteiger partial charge in [0.1, 0.15) is 1.37 Å². The lowest BCUT2D eigenvalue weighted by molar-refractivity contribution is -0.109. The number of carbonyl (C=O) groups excluding carboxylic acids is 1. The van der Waals surface area contributed by atoms with Crippen molar-refractivity contribution >= 4 is 6.39 Å². The summed E-state index contributed by atoms with van der Waals surface area (Å²) in [5.74, 6) is 5.43. The predicted octanol–water partition coefficient (Wildman–Crippen LogP) is 0.146. The molecule has 8 heavy (non-hydrogen) atoms. The SMILES string of the molecule is [3H]C(=O)NCCC#CC. The Morgan fingerprint density at radius 2 is 2.75 bits per heavy atom. The van der Waals surface area contributed by atoms with Crippen LogP contribution in [0.4, 0.5) is 0 Å². The van der Waals surface area contributed by atoms with Gasteiger partial charge in [-0.3, -0.25) is 4.79 Å². The van der Waals surface area contributed by atoms with Crippen molar-refractivity contribution in [1.82, 2.24) is 5.32 Å². The predicted molar refractivity (Wildman–Crippen MR) is 32.1 cm³/mol. The van der Waals surface area contributed by atoms with Gasteiger partial charge in [-0.15, -0.1) is 11.8 Å². The molecule has 0 saturated heterocycles. The summed E-state index contributed by atoms with van der Waals surface area (Å²) < 4.78 is 6.41. The van der Waals surface area contributed by atoms with Gasteiger partial charge >= 0.3 is 0 Å². The Labute approximate surface area is 50.7 Å². The van der Waals surface area contributed by atoms with Gasteiger partial charge in [0, 0.05) is 13.0 Å². The van der Waals surface area contributed by atoms with Crippen LogP contribution >= 0.6 is 0 Å². The first-order valence-electron chi connectivity index (χ1n) is 2.91. The second kappa shape index (κ2) is 6.03. The number of rotatable bonds is 2. The largest absolute Gasteiger partial charge is 0.358 e. The number of hydrogen-bond acceptors (Lipinski definition) is 1. The molecule has 1 N–H and O–H groups in total. The summed E-state index contributed by atoms with van der Waals surface area (Å²) in [6.45, 7) is 2.21. The molecule has 0 aromatic rings. The minimum atomic E-state index is -0.743. The van der Waals surface area contributed by atoms with Crippen LogP contribution < -0.4 is 5.32 Å². The molecule has 0 bridgehead atoms. The van der Waals surface area contributed by atoms with Crippen molar-refractivity contribution in [3.05, 3.63) is 0 Å². The Balaban J connectivity index is 3.07. The molecule has 0 heterocycles. The van der Waals surface area contributed by atoms with E-state index in [4.69, 9.17) is 1.37 Å². The third-order valence-corrected chi connectivity index (χ3v) is 0.624. The summed E-state index contributed by atoms with van der Waals surface area (Å²) in [7, 11) is 0. The first-order chi connectivity index (χ1) is 4.27. The standard InChI is InChI=1S/C6H9NO/c1-2-3-4-5-7-6-8/h6H,4-5H2,1H3,(H,7,8)/i6T. The quantitative estimate of drug-likeness (QED) is 0.308. The number of nitrogens with one attached hydrogen (secondary N) is 1. The van der Waals surface area contributed by atoms with Crippen LogP contribution in [0.2, 0.25) is 0 Å². The second-order valence-electron chi connectivity index (χ2n) is 1.21. The second-order valence-corrected chi connectivity index (χ2v) is 1.21. The molecule has 0 atom stereocenters. The maximum atomic E-state index is 9.91. The zero-order chi connectivity index (χ0) is 7.11. The van der Waals surface area contributed by atoms with Crippen LogP contribution in [0, 0.1) is 11.8 Å². The molecule has 0 spiro atoms. The fraction of sp³-hybridized carbons (Fsp3) is 0.500. The smallest absolute Gasteiger partial charge is 0.207 e. The summed E-state index contributed by atoms with van der Waals surface area (Å²) in [6, 6.07) is 0. The maximum Gasteiger partial charge on any atom is 0.207 e. The molecule has 2 nitrogen and oxygen atoms in total. The van der Waals surface area contributed by atoms with E-state index < -0.39 is 6.39 Å². The van der Waals surface area contributed by atoms with Gasteiger partial charge in [0.25, 0.3) is 0 Å². The normalized spacial score (nSPS) is 8.38. The lowest BCUT2D eigenvalue weighted by Crippen LogP contribution is -2.10. The van der Waals surface area contributed by atoms with Crippen molar-refractivity contribution in [2.75, 3.05) is 6.54 Å². The topological polar surface area (TPSA) is 29.1 Å². The highest BCUT2D eigenvalue weighted by atomic mass is 16.1. The van der Waals surface area contributed by atoms with Crippen molar-refractivity contribution < 1.29 is 6.17 Å². The molecule has 1 amide bonds. The van der Waals surface area contributed by atoms with Gasteiger partial charge in [0.2, 0.25) is 6.39 Å². The third kappa shape index (κ3) is 5.03. The van der Waals surface area contributed by atoms with Crippen molar-refractivity contribution in [2.24, 2.45) is 0 Å². The average Bonchev–Trinajstić information content (AvgIpc) is 1.80. The van der Waals surface area contributed by atoms with E-state index in [0.717, 1.165) is 0 Å². The van der Waals surface area contributed by atoms with E-state index in [-0.39, 0.29) is 0 Å². The summed E-state index contributed by atoms with van der Waals surface area (Å²) in [4.78, 5) is 9.91. The molecule has 0 aromatic heterocycles. The van der Waals surface area contributed by atoms with Crippen LogP contribution in [0.15, 0.2) is 0 Å². The number of carbonyl (C=O) groups is 1. The van der Waals surface area contributed by atoms with Crippen LogP contribution in [-0.4, -0.2) is 12.9 Å². The Hall–Kier alpha value is -0.970. The Morgan fingerprint density at radius 1 is 2.00 bits per heavy atom. The van der Waals surface area contributed by atoms with E-state index >= 15 is 0 Å². The molecule has 0 rings (SSSR count). The first-order valence-corrected chi connectivity index (χ1v) is 2.41. The van der Waals surface area contributed by atoms with Crippen LogP contribution in [-0.2, 0) is 4.79 Å². The molecule has 0 radical (unpaired) electrons. The van der Waals surface area contributed by atoms with Crippen molar-refractivity contribution in [3.8, 4) is 11.8 Å². The highest BCUT2D eigenvalue weighted by Gasteiger charge is 1.73. The minimum Gasteiger partial charge on any atom is -0.358 e. The zero-order valence-corrected chi connectivity index (χ0v) is 4.82. The highest BCUT2D eigenvalue weighted by molar-refractivity contribution is 5.45. The van der Waals surface area contributed by atoms with Crippen LogP contribution in [0.25, 0.3) is 0 Å². The van der Waals surface area contributed by atoms with E-state index in [0.29, 0.717) is 13.0 Å². The first kappa shape index (κ1) is 5.17. The monoisotopic (exact) mass is 113 g/mol. The van der Waals surface area contributed by atoms with Gasteiger partial charge in [-0.2, -0.15) is 0 Å². The van der Waals surface area contributed by atoms with Crippen molar-refractivity contribution in [2.45, 2.75) is 13.3 Å². The number of amides is 1. The van der Waals surface area contributed by atoms with E-state index in [9.17, 15) is 4.79 Å². The van der Waals surface area contributed by atoms with Gasteiger partial charge in [-0.1, -0.05) is 0 Å². The van der Waals surface area contributed by atoms with E-state index in [1.54, 1.807) is 6.92 Å². The Morgan fingerprint density at radius 3 is 3.25 bits per heavy atom. The van der Waals surface area contributed by atoms with Gasteiger partial charge in [-0.25, -0.2) is 0 Å². The lowest BCUT2D eigenvalue weighted by atomic mass is 10.4. The van der Waals surface area contributed by atoms with Crippen LogP contribution in [0.3, 0.4) is 0 Å². The third-order valence-electron chi connectivity index (χ3n) is 0.624. The molecule has 0 saturated carbocycles. The minimum absolute atomic E-state index is 0.475. The summed E-state index contributed by atoms with van der Waals surface area (Å²) in [5, 5.41) is 2.31. The van der Waals surface area contributed by atoms with Gasteiger partial charge in [0.05, 0.1) is 0 Å². The fourth-order valence-corrected chi connectivity index (χ4v) is 0.301. The number of hydrogen-bond donors (Lipinski definition) is 1. The van der Waals surface area contributed by atoms with Crippen LogP contribution in [0.1, 0.15) is 14.7 Å². The summed E-state index contributed by atoms with van der Waals surface area (Å²) in [5.41, 5.74) is 0. The lowest BCUT2D eigenvalue weighted by Gasteiger charge is -1.86. The molecular weight excluding hydrogens is 102 g/mol. The van der Waals surface area contributed by atoms with E-state index in [1.807, 2.05) is 0 Å². The molecule has 0 aliphatic carbocycles. The van der Waals surface area contributed by atoms with E-state index in [2.05, 4.69) is 17.2 Å². The zero-order valence-electron chi connectivity index (χ0n) is 5.82. The molecule has 0 unspecified atom stereocenters. The van der Waals surface area contributed by atoms with Crippen LogP contribution in [0.5, 0.6) is 0 Å². The van der Waals surface area contributed by atoms with Gasteiger partial charge < -0.3 is 5.32 Å². The summed E-state index contributed by atoms with van der Waals surface area (Å²) in [6.07, 6.45) is -0.117. The average molecular weight is 113 g/mol. The van der Waals surface area contributed by atoms with Gasteiger partial charge in [-0.05, 0) is 6.92 Å². The fourth-order valence-electron chi connectivity index (χ4n) is 0.301. The molecule has 0 aromatic carbocycles. The highest BCUT2D eigenvalue weighted by Crippen LogP contribution is 1.67. The molecule has 0 aliphatic rings. The maximum absolute atomic E-state index is 9.91. The molecule has 0 aliphatic heterocycles. The van der Waals surface area contributed by atoms with Crippen molar-refractivity contribution in [1.29, 1.82) is 0 Å². The molecule has 2 heteroatoms. The molecular formula is C6H9NO. The summed E-state index contributed by atoms with van der Waals surface area (Å²) >= 11 is 0. The molecule has 44 valence electrons. The van der Waals surface area contributed by atoms with Crippen molar-refractivity contribution in [3.63, 3.8) is 0 Å².